The minimum absolute atomic E-state index is 0.197. The molecule has 5 nitrogen and oxygen atoms in total. The van der Waals surface area contributed by atoms with Crippen LogP contribution in [0.1, 0.15) is 41.6 Å². The standard InChI is InChI=1S/C15H19FN4OS/c1-9(2)20-13(18-19-15(20)22)6-7-17-14(21)12-8-11(16)5-4-10(12)3/h4-5,8-9H,6-7H2,1-3H3,(H,17,21)(H,19,22). The van der Waals surface area contributed by atoms with Crippen LogP contribution in [0.25, 0.3) is 0 Å². The van der Waals surface area contributed by atoms with Gasteiger partial charge in [-0.05, 0) is 50.7 Å². The lowest BCUT2D eigenvalue weighted by molar-refractivity contribution is 0.0953. The first kappa shape index (κ1) is 16.4. The summed E-state index contributed by atoms with van der Waals surface area (Å²) >= 11 is 5.17. The first-order chi connectivity index (χ1) is 10.4. The monoisotopic (exact) mass is 322 g/mol. The molecule has 0 saturated carbocycles. The summed E-state index contributed by atoms with van der Waals surface area (Å²) < 4.78 is 15.7. The number of aromatic amines is 1. The van der Waals surface area contributed by atoms with Crippen molar-refractivity contribution in [2.45, 2.75) is 33.2 Å². The Morgan fingerprint density at radius 3 is 2.91 bits per heavy atom. The third-order valence-corrected chi connectivity index (χ3v) is 3.66. The van der Waals surface area contributed by atoms with Gasteiger partial charge >= 0.3 is 0 Å². The summed E-state index contributed by atoms with van der Waals surface area (Å²) in [6.45, 7) is 6.21. The molecular weight excluding hydrogens is 303 g/mol. The Bertz CT molecular complexity index is 735. The van der Waals surface area contributed by atoms with Crippen molar-refractivity contribution in [2.24, 2.45) is 0 Å². The number of aryl methyl sites for hydroxylation is 1. The van der Waals surface area contributed by atoms with Crippen LogP contribution in [0.5, 0.6) is 0 Å². The number of nitrogens with one attached hydrogen (secondary N) is 2. The maximum absolute atomic E-state index is 13.2. The third-order valence-electron chi connectivity index (χ3n) is 3.37. The molecule has 0 spiro atoms. The minimum Gasteiger partial charge on any atom is -0.352 e. The van der Waals surface area contributed by atoms with Crippen molar-refractivity contribution in [1.29, 1.82) is 0 Å². The molecule has 0 aliphatic carbocycles. The lowest BCUT2D eigenvalue weighted by Gasteiger charge is -2.11. The van der Waals surface area contributed by atoms with Gasteiger partial charge in [0.15, 0.2) is 4.77 Å². The molecule has 1 aromatic carbocycles. The largest absolute Gasteiger partial charge is 0.352 e. The SMILES string of the molecule is Cc1ccc(F)cc1C(=O)NCCc1n[nH]c(=S)n1C(C)C. The Hall–Kier alpha value is -2.02. The molecule has 0 bridgehead atoms. The normalized spacial score (nSPS) is 11.0. The molecule has 2 aromatic rings. The van der Waals surface area contributed by atoms with E-state index in [1.165, 1.54) is 12.1 Å². The van der Waals surface area contributed by atoms with Crippen LogP contribution < -0.4 is 5.32 Å². The van der Waals surface area contributed by atoms with Gasteiger partial charge in [-0.1, -0.05) is 6.07 Å². The van der Waals surface area contributed by atoms with Crippen molar-refractivity contribution in [3.05, 3.63) is 45.7 Å². The van der Waals surface area contributed by atoms with Crippen LogP contribution >= 0.6 is 12.2 Å². The first-order valence-electron chi connectivity index (χ1n) is 7.10. The minimum atomic E-state index is -0.420. The van der Waals surface area contributed by atoms with Gasteiger partial charge in [0.25, 0.3) is 5.91 Å². The van der Waals surface area contributed by atoms with E-state index in [4.69, 9.17) is 12.2 Å². The predicted molar refractivity (Wildman–Crippen MR) is 85.0 cm³/mol. The Morgan fingerprint density at radius 2 is 2.23 bits per heavy atom. The topological polar surface area (TPSA) is 62.7 Å². The Labute approximate surface area is 133 Å². The van der Waals surface area contributed by atoms with Gasteiger partial charge < -0.3 is 9.88 Å². The average molecular weight is 322 g/mol. The lowest BCUT2D eigenvalue weighted by atomic mass is 10.1. The number of carbonyl (C=O) groups excluding carboxylic acids is 1. The van der Waals surface area contributed by atoms with Gasteiger partial charge in [0.05, 0.1) is 0 Å². The number of amides is 1. The van der Waals surface area contributed by atoms with E-state index in [0.717, 1.165) is 11.4 Å². The van der Waals surface area contributed by atoms with E-state index in [1.807, 2.05) is 18.4 Å². The van der Waals surface area contributed by atoms with E-state index in [0.29, 0.717) is 23.3 Å². The molecule has 1 amide bonds. The zero-order valence-corrected chi connectivity index (χ0v) is 13.6. The number of rotatable bonds is 5. The van der Waals surface area contributed by atoms with Gasteiger partial charge in [-0.25, -0.2) is 4.39 Å². The number of hydrogen-bond donors (Lipinski definition) is 2. The van der Waals surface area contributed by atoms with E-state index >= 15 is 0 Å². The second-order valence-corrected chi connectivity index (χ2v) is 5.76. The van der Waals surface area contributed by atoms with Crippen LogP contribution in [0.2, 0.25) is 0 Å². The van der Waals surface area contributed by atoms with Crippen molar-refractivity contribution in [3.63, 3.8) is 0 Å². The molecule has 2 rings (SSSR count). The number of hydrogen-bond acceptors (Lipinski definition) is 3. The molecule has 0 aliphatic heterocycles. The molecule has 1 aromatic heterocycles. The van der Waals surface area contributed by atoms with Crippen LogP contribution in [0, 0.1) is 17.5 Å². The summed E-state index contributed by atoms with van der Waals surface area (Å²) in [5, 5.41) is 9.72. The zero-order valence-electron chi connectivity index (χ0n) is 12.8. The summed E-state index contributed by atoms with van der Waals surface area (Å²) in [5.41, 5.74) is 1.09. The molecule has 7 heteroatoms. The molecular formula is C15H19FN4OS. The quantitative estimate of drug-likeness (QED) is 0.832. The second kappa shape index (κ2) is 6.83. The van der Waals surface area contributed by atoms with Gasteiger partial charge in [0.2, 0.25) is 0 Å². The maximum Gasteiger partial charge on any atom is 0.251 e. The number of carbonyl (C=O) groups is 1. The van der Waals surface area contributed by atoms with E-state index in [-0.39, 0.29) is 11.9 Å². The van der Waals surface area contributed by atoms with Crippen molar-refractivity contribution in [3.8, 4) is 0 Å². The highest BCUT2D eigenvalue weighted by Gasteiger charge is 2.12. The molecule has 0 radical (unpaired) electrons. The Morgan fingerprint density at radius 1 is 1.50 bits per heavy atom. The van der Waals surface area contributed by atoms with Gasteiger partial charge in [0.1, 0.15) is 11.6 Å². The zero-order chi connectivity index (χ0) is 16.3. The van der Waals surface area contributed by atoms with Gasteiger partial charge in [-0.3, -0.25) is 9.89 Å². The summed E-state index contributed by atoms with van der Waals surface area (Å²) in [5.74, 6) is 0.0787. The van der Waals surface area contributed by atoms with Crippen LogP contribution in [0.3, 0.4) is 0 Å². The number of nitrogens with zero attached hydrogens (tertiary/aromatic N) is 2. The molecule has 0 fully saturated rings. The van der Waals surface area contributed by atoms with Gasteiger partial charge in [0, 0.05) is 24.6 Å². The lowest BCUT2D eigenvalue weighted by Crippen LogP contribution is -2.27. The average Bonchev–Trinajstić information content (AvgIpc) is 2.82. The Kier molecular flexibility index (Phi) is 5.07. The van der Waals surface area contributed by atoms with E-state index in [9.17, 15) is 9.18 Å². The molecule has 0 aliphatic rings. The number of aromatic nitrogens is 3. The van der Waals surface area contributed by atoms with Crippen LogP contribution in [0.15, 0.2) is 18.2 Å². The van der Waals surface area contributed by atoms with E-state index in [1.54, 1.807) is 13.0 Å². The smallest absolute Gasteiger partial charge is 0.251 e. The molecule has 0 unspecified atom stereocenters. The highest BCUT2D eigenvalue weighted by molar-refractivity contribution is 7.71. The fourth-order valence-electron chi connectivity index (χ4n) is 2.27. The molecule has 2 N–H and O–H groups in total. The molecule has 118 valence electrons. The Balaban J connectivity index is 2.01. The highest BCUT2D eigenvalue weighted by Crippen LogP contribution is 2.11. The number of halogens is 1. The highest BCUT2D eigenvalue weighted by atomic mass is 32.1. The summed E-state index contributed by atoms with van der Waals surface area (Å²) in [4.78, 5) is 12.1. The van der Waals surface area contributed by atoms with E-state index in [2.05, 4.69) is 15.5 Å². The van der Waals surface area contributed by atoms with Crippen LogP contribution in [-0.2, 0) is 6.42 Å². The fraction of sp³-hybridized carbons (Fsp3) is 0.400. The van der Waals surface area contributed by atoms with Crippen molar-refractivity contribution in [1.82, 2.24) is 20.1 Å². The first-order valence-corrected chi connectivity index (χ1v) is 7.51. The number of H-pyrrole nitrogens is 1. The van der Waals surface area contributed by atoms with Crippen molar-refractivity contribution >= 4 is 18.1 Å². The summed E-state index contributed by atoms with van der Waals surface area (Å²) in [6.07, 6.45) is 0.547. The molecule has 0 atom stereocenters. The maximum atomic E-state index is 13.2. The predicted octanol–water partition coefficient (Wildman–Crippen LogP) is 2.94. The van der Waals surface area contributed by atoms with Crippen LogP contribution in [-0.4, -0.2) is 27.2 Å². The summed E-state index contributed by atoms with van der Waals surface area (Å²) in [6, 6.07) is 4.37. The van der Waals surface area contributed by atoms with Gasteiger partial charge in [-0.15, -0.1) is 0 Å². The summed E-state index contributed by atoms with van der Waals surface area (Å²) in [7, 11) is 0. The van der Waals surface area contributed by atoms with Crippen molar-refractivity contribution < 1.29 is 9.18 Å². The fourth-order valence-corrected chi connectivity index (χ4v) is 2.63. The number of benzene rings is 1. The van der Waals surface area contributed by atoms with Crippen LogP contribution in [0.4, 0.5) is 4.39 Å². The van der Waals surface area contributed by atoms with Crippen molar-refractivity contribution in [2.75, 3.05) is 6.54 Å². The molecule has 0 saturated heterocycles. The van der Waals surface area contributed by atoms with Gasteiger partial charge in [-0.2, -0.15) is 5.10 Å². The third kappa shape index (κ3) is 3.59. The second-order valence-electron chi connectivity index (χ2n) is 5.37. The van der Waals surface area contributed by atoms with E-state index < -0.39 is 5.82 Å². The molecule has 1 heterocycles. The molecule has 22 heavy (non-hydrogen) atoms.